The predicted octanol–water partition coefficient (Wildman–Crippen LogP) is 2.58. The van der Waals surface area contributed by atoms with Crippen LogP contribution in [0.15, 0.2) is 0 Å². The lowest BCUT2D eigenvalue weighted by atomic mass is 10.2. The van der Waals surface area contributed by atoms with Crippen LogP contribution in [0.5, 0.6) is 0 Å². The molecule has 0 spiro atoms. The third-order valence-corrected chi connectivity index (χ3v) is 1.18. The van der Waals surface area contributed by atoms with E-state index in [4.69, 9.17) is 12.6 Å². The van der Waals surface area contributed by atoms with Crippen LogP contribution >= 0.6 is 12.6 Å². The molecule has 0 aliphatic heterocycles. The average Bonchev–Trinajstić information content (AvgIpc) is 1.69. The zero-order chi connectivity index (χ0) is 5.54. The average molecular weight is 116 g/mol. The molecule has 0 saturated carbocycles. The highest BCUT2D eigenvalue weighted by atomic mass is 32.1. The van der Waals surface area contributed by atoms with Crippen molar-refractivity contribution in [2.24, 2.45) is 0 Å². The normalized spacial score (nSPS) is 9.43. The number of unbranched alkanes of at least 4 members (excludes halogenated alkanes) is 3. The molecule has 2 radical (unpaired) electrons. The first-order valence-corrected chi connectivity index (χ1v) is 3.37. The first-order chi connectivity index (χ1) is 3.41. The summed E-state index contributed by atoms with van der Waals surface area (Å²) in [5.41, 5.74) is 0. The van der Waals surface area contributed by atoms with Crippen molar-refractivity contribution >= 4 is 12.6 Å². The van der Waals surface area contributed by atoms with Crippen LogP contribution in [0, 0.1) is 6.92 Å². The van der Waals surface area contributed by atoms with Gasteiger partial charge in [0, 0.05) is 5.75 Å². The van der Waals surface area contributed by atoms with Crippen molar-refractivity contribution in [3.05, 3.63) is 6.92 Å². The first kappa shape index (κ1) is 7.35. The van der Waals surface area contributed by atoms with Crippen molar-refractivity contribution in [2.45, 2.75) is 25.7 Å². The Morgan fingerprint density at radius 3 is 2.29 bits per heavy atom. The molecule has 0 aliphatic carbocycles. The van der Waals surface area contributed by atoms with Crippen LogP contribution in [0.4, 0.5) is 0 Å². The molecular weight excluding hydrogens is 104 g/mol. The fourth-order valence-electron chi connectivity index (χ4n) is 0.456. The topological polar surface area (TPSA) is 0 Å². The molecule has 0 amide bonds. The second kappa shape index (κ2) is 6.35. The molecule has 1 heteroatoms. The molecule has 0 aromatic heterocycles. The molecule has 0 unspecified atom stereocenters. The quantitative estimate of drug-likeness (QED) is 0.495. The molecule has 0 aromatic carbocycles. The van der Waals surface area contributed by atoms with E-state index in [9.17, 15) is 0 Å². The van der Waals surface area contributed by atoms with E-state index in [1.165, 1.54) is 19.3 Å². The molecule has 0 saturated heterocycles. The molecule has 0 N–H and O–H groups in total. The van der Waals surface area contributed by atoms with Gasteiger partial charge in [0.05, 0.1) is 0 Å². The molecule has 42 valence electrons. The molecule has 0 fully saturated rings. The summed E-state index contributed by atoms with van der Waals surface area (Å²) >= 11 is 4.74. The molecule has 0 nitrogen and oxygen atoms in total. The van der Waals surface area contributed by atoms with E-state index >= 15 is 0 Å². The van der Waals surface area contributed by atoms with Crippen molar-refractivity contribution in [1.82, 2.24) is 0 Å². The summed E-state index contributed by atoms with van der Waals surface area (Å²) in [6.07, 6.45) is 4.78. The summed E-state index contributed by atoms with van der Waals surface area (Å²) in [6.45, 7) is 3.72. The minimum atomic E-state index is 0.917. The Morgan fingerprint density at radius 1 is 1.14 bits per heavy atom. The van der Waals surface area contributed by atoms with E-state index in [0.29, 0.717) is 0 Å². The number of rotatable bonds is 4. The zero-order valence-electron chi connectivity index (χ0n) is 4.65. The minimum absolute atomic E-state index is 0.917. The molecule has 0 atom stereocenters. The van der Waals surface area contributed by atoms with Crippen molar-refractivity contribution in [3.63, 3.8) is 0 Å². The van der Waals surface area contributed by atoms with Crippen molar-refractivity contribution in [1.29, 1.82) is 0 Å². The third kappa shape index (κ3) is 6.35. The Hall–Kier alpha value is 0.350. The van der Waals surface area contributed by atoms with E-state index in [1.54, 1.807) is 0 Å². The highest BCUT2D eigenvalue weighted by molar-refractivity contribution is 7.80. The number of hydrogen-bond donors (Lipinski definition) is 0. The Labute approximate surface area is 51.7 Å². The highest BCUT2D eigenvalue weighted by Crippen LogP contribution is 1.98. The van der Waals surface area contributed by atoms with Crippen LogP contribution in [0.25, 0.3) is 0 Å². The molecule has 0 rings (SSSR count). The van der Waals surface area contributed by atoms with Crippen molar-refractivity contribution in [2.75, 3.05) is 5.75 Å². The predicted molar refractivity (Wildman–Crippen MR) is 36.3 cm³/mol. The van der Waals surface area contributed by atoms with Crippen LogP contribution in [-0.4, -0.2) is 5.75 Å². The van der Waals surface area contributed by atoms with E-state index in [-0.39, 0.29) is 0 Å². The van der Waals surface area contributed by atoms with E-state index < -0.39 is 0 Å². The summed E-state index contributed by atoms with van der Waals surface area (Å²) in [6, 6.07) is 0. The van der Waals surface area contributed by atoms with Gasteiger partial charge >= 0.3 is 0 Å². The Morgan fingerprint density at radius 2 is 1.86 bits per heavy atom. The lowest BCUT2D eigenvalue weighted by molar-refractivity contribution is 0.734. The molecule has 7 heavy (non-hydrogen) atoms. The Kier molecular flexibility index (Phi) is 6.67. The summed E-state index contributed by atoms with van der Waals surface area (Å²) in [5, 5.41) is 0. The van der Waals surface area contributed by atoms with Crippen LogP contribution in [0.1, 0.15) is 25.7 Å². The maximum atomic E-state index is 4.74. The van der Waals surface area contributed by atoms with Gasteiger partial charge in [-0.25, -0.2) is 0 Å². The van der Waals surface area contributed by atoms with Crippen LogP contribution in [-0.2, 0) is 0 Å². The second-order valence-corrected chi connectivity index (χ2v) is 2.03. The first-order valence-electron chi connectivity index (χ1n) is 2.79. The third-order valence-electron chi connectivity index (χ3n) is 0.894. The van der Waals surface area contributed by atoms with Gasteiger partial charge in [-0.2, -0.15) is 0 Å². The molecule has 0 aromatic rings. The lowest BCUT2D eigenvalue weighted by Crippen LogP contribution is -1.74. The van der Waals surface area contributed by atoms with Gasteiger partial charge in [0.25, 0.3) is 0 Å². The fourth-order valence-corrected chi connectivity index (χ4v) is 0.660. The highest BCUT2D eigenvalue weighted by Gasteiger charge is 1.81. The van der Waals surface area contributed by atoms with Crippen molar-refractivity contribution < 1.29 is 0 Å². The summed E-state index contributed by atoms with van der Waals surface area (Å²) in [4.78, 5) is 0. The Balaban J connectivity index is 2.45. The molecule has 0 aliphatic rings. The van der Waals surface area contributed by atoms with Gasteiger partial charge in [-0.15, -0.1) is 0 Å². The van der Waals surface area contributed by atoms with E-state index in [1.807, 2.05) is 0 Å². The van der Waals surface area contributed by atoms with E-state index in [0.717, 1.165) is 12.2 Å². The maximum absolute atomic E-state index is 4.74. The molecule has 0 heterocycles. The van der Waals surface area contributed by atoms with Gasteiger partial charge in [-0.05, 0) is 6.42 Å². The van der Waals surface area contributed by atoms with Gasteiger partial charge in [-0.1, -0.05) is 38.8 Å². The van der Waals surface area contributed by atoms with Gasteiger partial charge in [0.1, 0.15) is 0 Å². The Bertz CT molecular complexity index is 23.4. The SMILES string of the molecule is [CH2]CCCCC[S]. The van der Waals surface area contributed by atoms with Gasteiger partial charge in [0.15, 0.2) is 0 Å². The molecular formula is C6H12S. The van der Waals surface area contributed by atoms with Crippen LogP contribution in [0.3, 0.4) is 0 Å². The van der Waals surface area contributed by atoms with E-state index in [2.05, 4.69) is 6.92 Å². The van der Waals surface area contributed by atoms with Crippen LogP contribution in [0.2, 0.25) is 0 Å². The van der Waals surface area contributed by atoms with Gasteiger partial charge < -0.3 is 0 Å². The smallest absolute Gasteiger partial charge is 0.00369 e. The second-order valence-electron chi connectivity index (χ2n) is 1.62. The summed E-state index contributed by atoms with van der Waals surface area (Å²) in [5.74, 6) is 0.917. The largest absolute Gasteiger partial charge is 0.0942 e. The zero-order valence-corrected chi connectivity index (χ0v) is 5.47. The molecule has 0 bridgehead atoms. The maximum Gasteiger partial charge on any atom is 0.00369 e. The van der Waals surface area contributed by atoms with Crippen molar-refractivity contribution in [3.8, 4) is 0 Å². The minimum Gasteiger partial charge on any atom is -0.0942 e. The van der Waals surface area contributed by atoms with Gasteiger partial charge in [-0.3, -0.25) is 0 Å². The fraction of sp³-hybridized carbons (Fsp3) is 0.833. The summed E-state index contributed by atoms with van der Waals surface area (Å²) in [7, 11) is 0. The van der Waals surface area contributed by atoms with Crippen LogP contribution < -0.4 is 0 Å². The summed E-state index contributed by atoms with van der Waals surface area (Å²) < 4.78 is 0. The monoisotopic (exact) mass is 116 g/mol. The van der Waals surface area contributed by atoms with Gasteiger partial charge in [0.2, 0.25) is 0 Å². The number of hydrogen-bond acceptors (Lipinski definition) is 0. The standard InChI is InChI=1S/C6H12S/c1-2-3-4-5-6-7/h1-6H2. The lowest BCUT2D eigenvalue weighted by Gasteiger charge is -1.89.